The minimum Gasteiger partial charge on any atom is -0.444 e. The summed E-state index contributed by atoms with van der Waals surface area (Å²) in [4.78, 5) is 21.1. The summed E-state index contributed by atoms with van der Waals surface area (Å²) in [5.41, 5.74) is 3.47. The molecular formula is C16H26N3O3+. The molecule has 22 heavy (non-hydrogen) atoms. The molecule has 1 aromatic carbocycles. The summed E-state index contributed by atoms with van der Waals surface area (Å²) in [6, 6.07) is 8.21. The van der Waals surface area contributed by atoms with E-state index in [4.69, 9.17) is 9.57 Å². The predicted octanol–water partition coefficient (Wildman–Crippen LogP) is 1.50. The highest BCUT2D eigenvalue weighted by Crippen LogP contribution is 2.19. The number of carbonyl (C=O) groups excluding carboxylic acids is 1. The Kier molecular flexibility index (Phi) is 5.26. The summed E-state index contributed by atoms with van der Waals surface area (Å²) in [5, 5.41) is 0. The van der Waals surface area contributed by atoms with Gasteiger partial charge in [0.2, 0.25) is 0 Å². The minimum atomic E-state index is -0.443. The standard InChI is InChI=1S/C16H25N3O3/c1-16(2,3)22-15(20)19-11-9-18(10-12-19)14-7-5-13(6-8-14)17-21-4/h5-8,17H,9-12H2,1-4H3/p+1. The SMILES string of the molecule is CO[NH2+]c1ccc(N2CCN(C(=O)OC(C)(C)C)CC2)cc1. The Morgan fingerprint density at radius 2 is 1.68 bits per heavy atom. The summed E-state index contributed by atoms with van der Waals surface area (Å²) in [6.45, 7) is 8.65. The van der Waals surface area contributed by atoms with Gasteiger partial charge in [0.15, 0.2) is 5.69 Å². The van der Waals surface area contributed by atoms with Crippen LogP contribution in [0.5, 0.6) is 0 Å². The Morgan fingerprint density at radius 3 is 2.18 bits per heavy atom. The van der Waals surface area contributed by atoms with E-state index in [0.717, 1.165) is 24.5 Å². The summed E-state index contributed by atoms with van der Waals surface area (Å²) in [6.07, 6.45) is -0.225. The molecule has 6 heteroatoms. The molecule has 0 radical (unpaired) electrons. The monoisotopic (exact) mass is 308 g/mol. The van der Waals surface area contributed by atoms with Crippen molar-refractivity contribution >= 4 is 17.5 Å². The van der Waals surface area contributed by atoms with Gasteiger partial charge >= 0.3 is 6.09 Å². The fourth-order valence-corrected chi connectivity index (χ4v) is 2.37. The first-order valence-corrected chi connectivity index (χ1v) is 7.58. The predicted molar refractivity (Wildman–Crippen MR) is 85.1 cm³/mol. The molecule has 1 heterocycles. The molecule has 1 saturated heterocycles. The van der Waals surface area contributed by atoms with E-state index in [0.29, 0.717) is 13.1 Å². The van der Waals surface area contributed by atoms with Crippen LogP contribution < -0.4 is 10.4 Å². The van der Waals surface area contributed by atoms with Crippen molar-refractivity contribution in [1.82, 2.24) is 4.90 Å². The zero-order valence-electron chi connectivity index (χ0n) is 13.8. The van der Waals surface area contributed by atoms with Gasteiger partial charge in [0.05, 0.1) is 7.11 Å². The third kappa shape index (κ3) is 4.61. The number of ether oxygens (including phenoxy) is 1. The second-order valence-corrected chi connectivity index (χ2v) is 6.40. The molecule has 122 valence electrons. The van der Waals surface area contributed by atoms with Gasteiger partial charge in [0.25, 0.3) is 0 Å². The lowest BCUT2D eigenvalue weighted by Gasteiger charge is -2.36. The molecule has 6 nitrogen and oxygen atoms in total. The first-order valence-electron chi connectivity index (χ1n) is 7.58. The van der Waals surface area contributed by atoms with Gasteiger partial charge in [0, 0.05) is 44.0 Å². The average Bonchev–Trinajstić information content (AvgIpc) is 2.47. The van der Waals surface area contributed by atoms with E-state index < -0.39 is 5.60 Å². The topological polar surface area (TPSA) is 58.6 Å². The van der Waals surface area contributed by atoms with Gasteiger partial charge in [0.1, 0.15) is 5.60 Å². The maximum atomic E-state index is 12.0. The molecule has 1 aromatic rings. The summed E-state index contributed by atoms with van der Waals surface area (Å²) in [7, 11) is 1.64. The van der Waals surface area contributed by atoms with E-state index in [-0.39, 0.29) is 6.09 Å². The molecule has 1 amide bonds. The lowest BCUT2D eigenvalue weighted by Crippen LogP contribution is -2.75. The fourth-order valence-electron chi connectivity index (χ4n) is 2.37. The highest BCUT2D eigenvalue weighted by Gasteiger charge is 2.25. The highest BCUT2D eigenvalue weighted by atomic mass is 16.6. The lowest BCUT2D eigenvalue weighted by molar-refractivity contribution is -0.830. The zero-order valence-corrected chi connectivity index (χ0v) is 13.8. The molecule has 2 N–H and O–H groups in total. The van der Waals surface area contributed by atoms with E-state index in [1.165, 1.54) is 0 Å². The number of rotatable bonds is 3. The molecule has 0 atom stereocenters. The molecule has 1 aliphatic rings. The van der Waals surface area contributed by atoms with Crippen LogP contribution in [0.2, 0.25) is 0 Å². The van der Waals surface area contributed by atoms with E-state index in [1.807, 2.05) is 32.9 Å². The van der Waals surface area contributed by atoms with Gasteiger partial charge in [-0.05, 0) is 32.9 Å². The number of nitrogens with zero attached hydrogens (tertiary/aromatic N) is 2. The molecule has 0 unspecified atom stereocenters. The first-order chi connectivity index (χ1) is 10.4. The normalized spacial score (nSPS) is 15.8. The van der Waals surface area contributed by atoms with Crippen LogP contribution >= 0.6 is 0 Å². The van der Waals surface area contributed by atoms with Gasteiger partial charge in [-0.1, -0.05) is 0 Å². The smallest absolute Gasteiger partial charge is 0.410 e. The van der Waals surface area contributed by atoms with Gasteiger partial charge in [-0.15, -0.1) is 0 Å². The molecule has 0 bridgehead atoms. The summed E-state index contributed by atoms with van der Waals surface area (Å²) >= 11 is 0. The second kappa shape index (κ2) is 6.98. The number of hydrogen-bond acceptors (Lipinski definition) is 4. The van der Waals surface area contributed by atoms with Crippen LogP contribution in [0.15, 0.2) is 24.3 Å². The van der Waals surface area contributed by atoms with Crippen molar-refractivity contribution in [3.63, 3.8) is 0 Å². The van der Waals surface area contributed by atoms with Crippen LogP contribution in [0.1, 0.15) is 20.8 Å². The Balaban J connectivity index is 1.87. The van der Waals surface area contributed by atoms with E-state index >= 15 is 0 Å². The van der Waals surface area contributed by atoms with Gasteiger partial charge in [-0.3, -0.25) is 0 Å². The molecule has 0 aromatic heterocycles. The number of hydrogen-bond donors (Lipinski definition) is 1. The molecule has 1 fully saturated rings. The Morgan fingerprint density at radius 1 is 1.09 bits per heavy atom. The third-order valence-electron chi connectivity index (χ3n) is 3.44. The maximum Gasteiger partial charge on any atom is 0.410 e. The number of nitrogens with two attached hydrogens (primary N) is 1. The van der Waals surface area contributed by atoms with Crippen LogP contribution in [0, 0.1) is 0 Å². The van der Waals surface area contributed by atoms with Gasteiger partial charge < -0.3 is 14.5 Å². The number of amides is 1. The van der Waals surface area contributed by atoms with Crippen LogP contribution in [-0.2, 0) is 9.57 Å². The van der Waals surface area contributed by atoms with Crippen molar-refractivity contribution in [2.45, 2.75) is 26.4 Å². The summed E-state index contributed by atoms with van der Waals surface area (Å²) < 4.78 is 5.41. The average molecular weight is 308 g/mol. The quantitative estimate of drug-likeness (QED) is 0.679. The van der Waals surface area contributed by atoms with Crippen molar-refractivity contribution in [2.24, 2.45) is 0 Å². The molecule has 2 rings (SSSR count). The third-order valence-corrected chi connectivity index (χ3v) is 3.44. The van der Waals surface area contributed by atoms with Crippen LogP contribution in [0.4, 0.5) is 16.2 Å². The molecule has 1 aliphatic heterocycles. The van der Waals surface area contributed by atoms with Crippen molar-refractivity contribution in [3.8, 4) is 0 Å². The van der Waals surface area contributed by atoms with E-state index in [2.05, 4.69) is 17.0 Å². The van der Waals surface area contributed by atoms with Gasteiger partial charge in [-0.2, -0.15) is 5.48 Å². The van der Waals surface area contributed by atoms with Crippen LogP contribution in [0.25, 0.3) is 0 Å². The van der Waals surface area contributed by atoms with Crippen molar-refractivity contribution in [1.29, 1.82) is 0 Å². The molecular weight excluding hydrogens is 282 g/mol. The Hall–Kier alpha value is -1.79. The van der Waals surface area contributed by atoms with Gasteiger partial charge in [-0.25, -0.2) is 9.63 Å². The number of piperazine rings is 1. The first kappa shape index (κ1) is 16.6. The molecule has 0 aliphatic carbocycles. The zero-order chi connectivity index (χ0) is 16.2. The van der Waals surface area contributed by atoms with Crippen molar-refractivity contribution in [3.05, 3.63) is 24.3 Å². The maximum absolute atomic E-state index is 12.0. The van der Waals surface area contributed by atoms with Crippen molar-refractivity contribution in [2.75, 3.05) is 38.2 Å². The van der Waals surface area contributed by atoms with E-state index in [9.17, 15) is 4.79 Å². The number of carbonyl (C=O) groups is 1. The Bertz CT molecular complexity index is 488. The molecule has 0 spiro atoms. The molecule has 0 saturated carbocycles. The lowest BCUT2D eigenvalue weighted by atomic mass is 10.2. The second-order valence-electron chi connectivity index (χ2n) is 6.40. The fraction of sp³-hybridized carbons (Fsp3) is 0.562. The van der Waals surface area contributed by atoms with Crippen LogP contribution in [-0.4, -0.2) is 49.9 Å². The number of quaternary nitrogens is 1. The van der Waals surface area contributed by atoms with Crippen LogP contribution in [0.3, 0.4) is 0 Å². The number of benzene rings is 1. The van der Waals surface area contributed by atoms with E-state index in [1.54, 1.807) is 17.5 Å². The summed E-state index contributed by atoms with van der Waals surface area (Å²) in [5.74, 6) is 0. The number of anilines is 1. The minimum absolute atomic E-state index is 0.225. The highest BCUT2D eigenvalue weighted by molar-refractivity contribution is 5.68. The Labute approximate surface area is 131 Å². The largest absolute Gasteiger partial charge is 0.444 e. The van der Waals surface area contributed by atoms with Crippen molar-refractivity contribution < 1.29 is 19.8 Å².